The summed E-state index contributed by atoms with van der Waals surface area (Å²) in [4.78, 5) is 27.4. The topological polar surface area (TPSA) is 64.4 Å². The zero-order valence-electron chi connectivity index (χ0n) is 13.9. The Morgan fingerprint density at radius 1 is 1.20 bits per heavy atom. The first-order chi connectivity index (χ1) is 11.7. The Bertz CT molecular complexity index is 841. The van der Waals surface area contributed by atoms with E-state index in [1.165, 1.54) is 38.6 Å². The summed E-state index contributed by atoms with van der Waals surface area (Å²) in [5.41, 5.74) is -0.263. The highest BCUT2D eigenvalue weighted by atomic mass is 33.1. The van der Waals surface area contributed by atoms with E-state index in [-0.39, 0.29) is 24.1 Å². The second kappa shape index (κ2) is 4.92. The monoisotopic (exact) mass is 377 g/mol. The van der Waals surface area contributed by atoms with Gasteiger partial charge in [0.15, 0.2) is 9.74 Å². The lowest BCUT2D eigenvalue weighted by Crippen LogP contribution is -2.73. The largest absolute Gasteiger partial charge is 0.319 e. The van der Waals surface area contributed by atoms with Gasteiger partial charge in [0.05, 0.1) is 17.5 Å². The Morgan fingerprint density at radius 2 is 1.84 bits per heavy atom. The molecule has 2 amide bonds. The minimum absolute atomic E-state index is 0.149. The van der Waals surface area contributed by atoms with E-state index in [1.54, 1.807) is 37.9 Å². The average molecular weight is 377 g/mol. The zero-order valence-corrected chi connectivity index (χ0v) is 15.6. The van der Waals surface area contributed by atoms with Crippen LogP contribution >= 0.6 is 21.6 Å². The van der Waals surface area contributed by atoms with Crippen LogP contribution in [0.1, 0.15) is 31.9 Å². The Hall–Kier alpha value is -1.72. The third-order valence-electron chi connectivity index (χ3n) is 5.54. The molecule has 1 aromatic rings. The highest BCUT2D eigenvalue weighted by Gasteiger charge is 2.74. The number of carbonyl (C=O) groups excluding carboxylic acids is 2. The van der Waals surface area contributed by atoms with Crippen LogP contribution in [0.15, 0.2) is 24.3 Å². The van der Waals surface area contributed by atoms with Gasteiger partial charge in [-0.2, -0.15) is 5.26 Å². The fourth-order valence-corrected chi connectivity index (χ4v) is 7.65. The van der Waals surface area contributed by atoms with Gasteiger partial charge in [-0.25, -0.2) is 4.39 Å². The molecule has 0 saturated carbocycles. The molecule has 0 N–H and O–H groups in total. The van der Waals surface area contributed by atoms with Gasteiger partial charge in [-0.15, -0.1) is 0 Å². The number of nitriles is 1. The Morgan fingerprint density at radius 3 is 2.44 bits per heavy atom. The second-order valence-electron chi connectivity index (χ2n) is 7.13. The minimum Gasteiger partial charge on any atom is -0.319 e. The SMILES string of the molecule is CN1C(=O)C23CC(C)(C#N)C(c4ccc(F)cc4)N2C(=O)C1(C)SS3. The van der Waals surface area contributed by atoms with E-state index in [4.69, 9.17) is 0 Å². The standard InChI is InChI=1S/C17H16FN3O2S2/c1-15(9-19)8-17-14(23)20(3)16(2,24-25-17)13(22)21(17)12(15)10-4-6-11(18)7-5-10/h4-7,12H,8H2,1-3H3. The van der Waals surface area contributed by atoms with Crippen molar-refractivity contribution in [3.8, 4) is 6.07 Å². The van der Waals surface area contributed by atoms with Crippen LogP contribution in [0, 0.1) is 22.6 Å². The summed E-state index contributed by atoms with van der Waals surface area (Å²) >= 11 is 0. The maximum absolute atomic E-state index is 13.4. The maximum atomic E-state index is 13.4. The normalized spacial score (nSPS) is 39.6. The number of likely N-dealkylation sites (N-methyl/N-ethyl adjacent to an activating group) is 1. The third-order valence-corrected chi connectivity index (χ3v) is 9.23. The van der Waals surface area contributed by atoms with Gasteiger partial charge < -0.3 is 9.80 Å². The predicted molar refractivity (Wildman–Crippen MR) is 93.4 cm³/mol. The molecule has 0 aromatic heterocycles. The maximum Gasteiger partial charge on any atom is 0.261 e. The molecule has 1 aromatic carbocycles. The second-order valence-corrected chi connectivity index (χ2v) is 9.94. The molecule has 0 radical (unpaired) electrons. The average Bonchev–Trinajstić information content (AvgIpc) is 2.87. The van der Waals surface area contributed by atoms with E-state index in [1.807, 2.05) is 0 Å². The lowest BCUT2D eigenvalue weighted by molar-refractivity contribution is -0.164. The molecule has 0 aliphatic carbocycles. The van der Waals surface area contributed by atoms with Gasteiger partial charge in [-0.1, -0.05) is 33.7 Å². The van der Waals surface area contributed by atoms with Gasteiger partial charge >= 0.3 is 0 Å². The molecule has 130 valence electrons. The van der Waals surface area contributed by atoms with Crippen molar-refractivity contribution < 1.29 is 14.0 Å². The number of rotatable bonds is 1. The number of nitrogens with zero attached hydrogens (tertiary/aromatic N) is 3. The summed E-state index contributed by atoms with van der Waals surface area (Å²) < 4.78 is 13.4. The summed E-state index contributed by atoms with van der Waals surface area (Å²) in [5.74, 6) is -0.703. The molecule has 5 nitrogen and oxygen atoms in total. The van der Waals surface area contributed by atoms with Crippen LogP contribution in [0.3, 0.4) is 0 Å². The van der Waals surface area contributed by atoms with E-state index >= 15 is 0 Å². The summed E-state index contributed by atoms with van der Waals surface area (Å²) in [6, 6.07) is 7.57. The number of hydrogen-bond donors (Lipinski definition) is 0. The van der Waals surface area contributed by atoms with Gasteiger partial charge in [-0.3, -0.25) is 9.59 Å². The Labute approximate surface area is 152 Å². The summed E-state index contributed by atoms with van der Waals surface area (Å²) in [6.45, 7) is 3.51. The molecule has 1 spiro atoms. The van der Waals surface area contributed by atoms with Gasteiger partial charge in [0.25, 0.3) is 11.8 Å². The number of hydrogen-bond acceptors (Lipinski definition) is 5. The molecule has 4 aliphatic rings. The summed E-state index contributed by atoms with van der Waals surface area (Å²) in [7, 11) is 4.38. The highest BCUT2D eigenvalue weighted by molar-refractivity contribution is 8.78. The van der Waals surface area contributed by atoms with E-state index in [0.717, 1.165) is 0 Å². The van der Waals surface area contributed by atoms with E-state index in [9.17, 15) is 19.2 Å². The van der Waals surface area contributed by atoms with Crippen molar-refractivity contribution >= 4 is 33.4 Å². The van der Waals surface area contributed by atoms with Crippen molar-refractivity contribution in [1.82, 2.24) is 9.80 Å². The van der Waals surface area contributed by atoms with Crippen molar-refractivity contribution in [2.45, 2.75) is 36.1 Å². The fourth-order valence-electron chi connectivity index (χ4n) is 4.07. The van der Waals surface area contributed by atoms with Crippen LogP contribution in [0.4, 0.5) is 4.39 Å². The quantitative estimate of drug-likeness (QED) is 0.704. The number of piperazine rings is 1. The first kappa shape index (κ1) is 16.7. The molecule has 4 atom stereocenters. The van der Waals surface area contributed by atoms with Crippen molar-refractivity contribution in [3.63, 3.8) is 0 Å². The minimum atomic E-state index is -1.09. The molecular weight excluding hydrogens is 361 g/mol. The highest BCUT2D eigenvalue weighted by Crippen LogP contribution is 2.69. The van der Waals surface area contributed by atoms with Crippen LogP contribution < -0.4 is 0 Å². The van der Waals surface area contributed by atoms with Crippen molar-refractivity contribution in [1.29, 1.82) is 5.26 Å². The van der Waals surface area contributed by atoms with Crippen LogP contribution in [-0.2, 0) is 9.59 Å². The molecule has 25 heavy (non-hydrogen) atoms. The Balaban J connectivity index is 1.93. The number of carbonyl (C=O) groups is 2. The van der Waals surface area contributed by atoms with Crippen molar-refractivity contribution in [2.75, 3.05) is 7.05 Å². The van der Waals surface area contributed by atoms with Crippen molar-refractivity contribution in [2.24, 2.45) is 5.41 Å². The van der Waals surface area contributed by atoms with Crippen LogP contribution in [0.25, 0.3) is 0 Å². The van der Waals surface area contributed by atoms with Gasteiger partial charge in [-0.05, 0) is 31.5 Å². The molecule has 4 fully saturated rings. The lowest BCUT2D eigenvalue weighted by atomic mass is 9.79. The van der Waals surface area contributed by atoms with E-state index < -0.39 is 21.2 Å². The fraction of sp³-hybridized carbons (Fsp3) is 0.471. The smallest absolute Gasteiger partial charge is 0.261 e. The van der Waals surface area contributed by atoms with Gasteiger partial charge in [0.1, 0.15) is 5.82 Å². The van der Waals surface area contributed by atoms with Crippen molar-refractivity contribution in [3.05, 3.63) is 35.6 Å². The third kappa shape index (κ3) is 1.86. The molecule has 4 aliphatic heterocycles. The van der Waals surface area contributed by atoms with E-state index in [0.29, 0.717) is 5.56 Å². The van der Waals surface area contributed by atoms with Crippen LogP contribution in [0.5, 0.6) is 0 Å². The molecular formula is C17H16FN3O2S2. The number of amides is 2. The number of halogens is 1. The molecule has 8 heteroatoms. The summed E-state index contributed by atoms with van der Waals surface area (Å²) in [6.07, 6.45) is 0.251. The molecule has 4 saturated heterocycles. The number of benzene rings is 1. The first-order valence-electron chi connectivity index (χ1n) is 7.85. The zero-order chi connectivity index (χ0) is 18.2. The molecule has 4 unspecified atom stereocenters. The van der Waals surface area contributed by atoms with Gasteiger partial charge in [0.2, 0.25) is 0 Å². The molecule has 4 heterocycles. The molecule has 2 bridgehead atoms. The first-order valence-corrected chi connectivity index (χ1v) is 10.0. The van der Waals surface area contributed by atoms with Crippen LogP contribution in [-0.4, -0.2) is 38.4 Å². The van der Waals surface area contributed by atoms with E-state index in [2.05, 4.69) is 6.07 Å². The summed E-state index contributed by atoms with van der Waals surface area (Å²) in [5, 5.41) is 9.88. The van der Waals surface area contributed by atoms with Gasteiger partial charge in [0, 0.05) is 13.5 Å². The molecule has 5 rings (SSSR count). The predicted octanol–water partition coefficient (Wildman–Crippen LogP) is 2.91. The number of fused-ring (bicyclic) bond motifs is 2. The lowest BCUT2D eigenvalue weighted by Gasteiger charge is -2.57. The van der Waals surface area contributed by atoms with Crippen LogP contribution in [0.2, 0.25) is 0 Å². The Kier molecular flexibility index (Phi) is 3.29.